The van der Waals surface area contributed by atoms with Gasteiger partial charge in [-0.25, -0.2) is 10.9 Å². The third-order valence-electron chi connectivity index (χ3n) is 5.82. The Morgan fingerprint density at radius 1 is 0.935 bits per heavy atom. The van der Waals surface area contributed by atoms with Crippen molar-refractivity contribution in [2.75, 3.05) is 40.4 Å². The standard InChI is InChI=1S/C22H27N5O4/c1-30-19-4-3-16(13-20(19)31-2)21(28)26-9-11-27(12-10-26)22(29)18-14-17(24-25-18)15-5-7-23-8-6-15/h3-8,13,17-18,24-25H,9-12,14H2,1-2H3. The molecule has 0 saturated carbocycles. The second-order valence-corrected chi connectivity index (χ2v) is 7.60. The zero-order chi connectivity index (χ0) is 21.8. The first kappa shape index (κ1) is 21.1. The third kappa shape index (κ3) is 4.47. The van der Waals surface area contributed by atoms with Gasteiger partial charge in [-0.2, -0.15) is 0 Å². The van der Waals surface area contributed by atoms with Crippen LogP contribution in [0.25, 0.3) is 0 Å². The molecule has 1 aromatic carbocycles. The number of hydrogen-bond acceptors (Lipinski definition) is 7. The van der Waals surface area contributed by atoms with Crippen molar-refractivity contribution in [2.24, 2.45) is 0 Å². The zero-order valence-electron chi connectivity index (χ0n) is 17.7. The van der Waals surface area contributed by atoms with Crippen molar-refractivity contribution in [3.05, 3.63) is 53.9 Å². The number of methoxy groups -OCH3 is 2. The van der Waals surface area contributed by atoms with Crippen LogP contribution < -0.4 is 20.3 Å². The Morgan fingerprint density at radius 2 is 1.61 bits per heavy atom. The third-order valence-corrected chi connectivity index (χ3v) is 5.82. The summed E-state index contributed by atoms with van der Waals surface area (Å²) in [6.07, 6.45) is 4.18. The van der Waals surface area contributed by atoms with E-state index in [0.29, 0.717) is 49.7 Å². The van der Waals surface area contributed by atoms with Crippen molar-refractivity contribution < 1.29 is 19.1 Å². The molecule has 2 N–H and O–H groups in total. The molecule has 2 saturated heterocycles. The van der Waals surface area contributed by atoms with E-state index in [1.165, 1.54) is 0 Å². The quantitative estimate of drug-likeness (QED) is 0.738. The lowest BCUT2D eigenvalue weighted by atomic mass is 10.0. The van der Waals surface area contributed by atoms with E-state index in [-0.39, 0.29) is 23.9 Å². The summed E-state index contributed by atoms with van der Waals surface area (Å²) in [6, 6.07) is 8.83. The van der Waals surface area contributed by atoms with Gasteiger partial charge in [-0.05, 0) is 42.3 Å². The first-order valence-corrected chi connectivity index (χ1v) is 10.3. The lowest BCUT2D eigenvalue weighted by molar-refractivity contribution is -0.134. The van der Waals surface area contributed by atoms with Crippen molar-refractivity contribution in [2.45, 2.75) is 18.5 Å². The number of nitrogens with zero attached hydrogens (tertiary/aromatic N) is 3. The fraction of sp³-hybridized carbons (Fsp3) is 0.409. The maximum atomic E-state index is 13.0. The molecule has 2 aliphatic rings. The Balaban J connectivity index is 1.32. The van der Waals surface area contributed by atoms with Crippen LogP contribution in [0.4, 0.5) is 0 Å². The number of nitrogens with one attached hydrogen (secondary N) is 2. The minimum atomic E-state index is -0.286. The van der Waals surface area contributed by atoms with Crippen molar-refractivity contribution in [3.63, 3.8) is 0 Å². The maximum absolute atomic E-state index is 13.0. The van der Waals surface area contributed by atoms with Crippen LogP contribution in [0.2, 0.25) is 0 Å². The van der Waals surface area contributed by atoms with E-state index in [2.05, 4.69) is 15.8 Å². The number of pyridine rings is 1. The Bertz CT molecular complexity index is 931. The van der Waals surface area contributed by atoms with Gasteiger partial charge in [0.25, 0.3) is 5.91 Å². The number of carbonyl (C=O) groups excluding carboxylic acids is 2. The molecule has 2 unspecified atom stereocenters. The van der Waals surface area contributed by atoms with Gasteiger partial charge in [0.2, 0.25) is 5.91 Å². The number of piperazine rings is 1. The summed E-state index contributed by atoms with van der Waals surface area (Å²) in [5.74, 6) is 1.08. The predicted molar refractivity (Wildman–Crippen MR) is 114 cm³/mol. The van der Waals surface area contributed by atoms with Gasteiger partial charge in [-0.3, -0.25) is 14.6 Å². The van der Waals surface area contributed by atoms with E-state index in [9.17, 15) is 9.59 Å². The van der Waals surface area contributed by atoms with Gasteiger partial charge in [-0.1, -0.05) is 0 Å². The molecule has 2 aromatic rings. The molecule has 0 spiro atoms. The van der Waals surface area contributed by atoms with Gasteiger partial charge in [0.1, 0.15) is 6.04 Å². The monoisotopic (exact) mass is 425 g/mol. The topological polar surface area (TPSA) is 96.0 Å². The molecular formula is C22H27N5O4. The van der Waals surface area contributed by atoms with Crippen LogP contribution in [0.3, 0.4) is 0 Å². The average Bonchev–Trinajstić information content (AvgIpc) is 3.33. The first-order valence-electron chi connectivity index (χ1n) is 10.3. The van der Waals surface area contributed by atoms with E-state index < -0.39 is 0 Å². The van der Waals surface area contributed by atoms with Crippen LogP contribution in [-0.2, 0) is 4.79 Å². The van der Waals surface area contributed by atoms with Gasteiger partial charge >= 0.3 is 0 Å². The molecule has 0 bridgehead atoms. The van der Waals surface area contributed by atoms with E-state index >= 15 is 0 Å². The van der Waals surface area contributed by atoms with Gasteiger partial charge in [0.15, 0.2) is 11.5 Å². The number of amides is 2. The molecule has 1 aromatic heterocycles. The predicted octanol–water partition coefficient (Wildman–Crippen LogP) is 0.991. The van der Waals surface area contributed by atoms with Crippen molar-refractivity contribution in [3.8, 4) is 11.5 Å². The normalized spacial score (nSPS) is 21.1. The number of hydrogen-bond donors (Lipinski definition) is 2. The molecule has 2 fully saturated rings. The lowest BCUT2D eigenvalue weighted by Crippen LogP contribution is -2.54. The molecular weight excluding hydrogens is 398 g/mol. The first-order chi connectivity index (χ1) is 15.1. The Kier molecular flexibility index (Phi) is 6.34. The molecule has 164 valence electrons. The average molecular weight is 425 g/mol. The molecule has 3 heterocycles. The number of benzene rings is 1. The van der Waals surface area contributed by atoms with Gasteiger partial charge in [-0.15, -0.1) is 0 Å². The van der Waals surface area contributed by atoms with Gasteiger partial charge in [0.05, 0.1) is 14.2 Å². The fourth-order valence-corrected chi connectivity index (χ4v) is 4.03. The highest BCUT2D eigenvalue weighted by atomic mass is 16.5. The molecule has 0 radical (unpaired) electrons. The van der Waals surface area contributed by atoms with Crippen molar-refractivity contribution in [1.82, 2.24) is 25.6 Å². The molecule has 2 amide bonds. The summed E-state index contributed by atoms with van der Waals surface area (Å²) in [5.41, 5.74) is 7.96. The summed E-state index contributed by atoms with van der Waals surface area (Å²) in [5, 5.41) is 0. The van der Waals surface area contributed by atoms with Crippen molar-refractivity contribution in [1.29, 1.82) is 0 Å². The summed E-state index contributed by atoms with van der Waals surface area (Å²) in [7, 11) is 3.10. The molecule has 31 heavy (non-hydrogen) atoms. The van der Waals surface area contributed by atoms with Gasteiger partial charge in [0, 0.05) is 50.2 Å². The number of ether oxygens (including phenoxy) is 2. The number of hydrazine groups is 1. The summed E-state index contributed by atoms with van der Waals surface area (Å²) < 4.78 is 10.5. The SMILES string of the molecule is COc1ccc(C(=O)N2CCN(C(=O)C3CC(c4ccncc4)NN3)CC2)cc1OC. The molecule has 2 aliphatic heterocycles. The highest BCUT2D eigenvalue weighted by Gasteiger charge is 2.34. The van der Waals surface area contributed by atoms with E-state index in [1.54, 1.807) is 49.7 Å². The molecule has 2 atom stereocenters. The summed E-state index contributed by atoms with van der Waals surface area (Å²) in [6.45, 7) is 2.01. The van der Waals surface area contributed by atoms with Crippen LogP contribution in [0.5, 0.6) is 11.5 Å². The summed E-state index contributed by atoms with van der Waals surface area (Å²) in [4.78, 5) is 33.5. The minimum Gasteiger partial charge on any atom is -0.493 e. The molecule has 9 nitrogen and oxygen atoms in total. The van der Waals surface area contributed by atoms with Crippen molar-refractivity contribution >= 4 is 11.8 Å². The number of aromatic nitrogens is 1. The molecule has 4 rings (SSSR count). The summed E-state index contributed by atoms with van der Waals surface area (Å²) >= 11 is 0. The number of rotatable bonds is 5. The van der Waals surface area contributed by atoms with Crippen LogP contribution in [0.1, 0.15) is 28.4 Å². The van der Waals surface area contributed by atoms with E-state index in [4.69, 9.17) is 9.47 Å². The Hall–Kier alpha value is -3.17. The van der Waals surface area contributed by atoms with Crippen LogP contribution >= 0.6 is 0 Å². The largest absolute Gasteiger partial charge is 0.493 e. The minimum absolute atomic E-state index is 0.0577. The van der Waals surface area contributed by atoms with Crippen LogP contribution in [-0.4, -0.2) is 73.0 Å². The van der Waals surface area contributed by atoms with Crippen LogP contribution in [0.15, 0.2) is 42.7 Å². The van der Waals surface area contributed by atoms with E-state index in [1.807, 2.05) is 17.0 Å². The second kappa shape index (κ2) is 9.32. The van der Waals surface area contributed by atoms with Crippen LogP contribution in [0, 0.1) is 0 Å². The maximum Gasteiger partial charge on any atom is 0.254 e. The smallest absolute Gasteiger partial charge is 0.254 e. The Labute approximate surface area is 181 Å². The highest BCUT2D eigenvalue weighted by molar-refractivity contribution is 5.95. The van der Waals surface area contributed by atoms with Gasteiger partial charge < -0.3 is 19.3 Å². The number of carbonyl (C=O) groups is 2. The fourth-order valence-electron chi connectivity index (χ4n) is 4.03. The molecule has 0 aliphatic carbocycles. The zero-order valence-corrected chi connectivity index (χ0v) is 17.7. The highest BCUT2D eigenvalue weighted by Crippen LogP contribution is 2.28. The second-order valence-electron chi connectivity index (χ2n) is 7.60. The Morgan fingerprint density at radius 3 is 2.29 bits per heavy atom. The van der Waals surface area contributed by atoms with E-state index in [0.717, 1.165) is 5.56 Å². The lowest BCUT2D eigenvalue weighted by Gasteiger charge is -2.36. The molecule has 9 heteroatoms.